The van der Waals surface area contributed by atoms with Gasteiger partial charge in [0.2, 0.25) is 0 Å². The summed E-state index contributed by atoms with van der Waals surface area (Å²) in [5.74, 6) is -0.180. The van der Waals surface area contributed by atoms with Gasteiger partial charge in [-0.2, -0.15) is 0 Å². The first-order chi connectivity index (χ1) is 9.16. The molecule has 2 aromatic rings. The van der Waals surface area contributed by atoms with Crippen molar-refractivity contribution in [3.05, 3.63) is 34.2 Å². The van der Waals surface area contributed by atoms with E-state index in [1.807, 2.05) is 0 Å². The van der Waals surface area contributed by atoms with Crippen molar-refractivity contribution in [2.24, 2.45) is 5.92 Å². The quantitative estimate of drug-likeness (QED) is 0.865. The predicted molar refractivity (Wildman–Crippen MR) is 71.5 cm³/mol. The molecule has 0 amide bonds. The van der Waals surface area contributed by atoms with Crippen LogP contribution in [0.2, 0.25) is 0 Å². The Bertz CT molecular complexity index is 680. The average molecular weight is 260 g/mol. The van der Waals surface area contributed by atoms with Crippen molar-refractivity contribution in [2.75, 3.05) is 0 Å². The second kappa shape index (κ2) is 4.57. The topological polar surface area (TPSA) is 75.1 Å². The summed E-state index contributed by atoms with van der Waals surface area (Å²) in [5, 5.41) is 9.21. The molecule has 1 heterocycles. The fourth-order valence-corrected chi connectivity index (χ4v) is 2.55. The van der Waals surface area contributed by atoms with E-state index in [1.54, 1.807) is 16.7 Å². The van der Waals surface area contributed by atoms with Crippen LogP contribution in [0.5, 0.6) is 0 Å². The maximum atomic E-state index is 11.9. The minimum Gasteiger partial charge on any atom is -0.478 e. The molecule has 1 aliphatic rings. The Morgan fingerprint density at radius 1 is 1.42 bits per heavy atom. The number of para-hydroxylation sites is 1. The SMILES string of the molecule is O=C(O)c1cccc2[nH]c(=O)n(CCCC3CC3)c12. The van der Waals surface area contributed by atoms with Gasteiger partial charge in [0, 0.05) is 6.54 Å². The molecule has 1 aromatic heterocycles. The Morgan fingerprint density at radius 2 is 2.21 bits per heavy atom. The zero-order valence-electron chi connectivity index (χ0n) is 10.6. The van der Waals surface area contributed by atoms with Gasteiger partial charge in [-0.05, 0) is 30.9 Å². The van der Waals surface area contributed by atoms with Crippen LogP contribution in [0.1, 0.15) is 36.0 Å². The lowest BCUT2D eigenvalue weighted by Crippen LogP contribution is -2.18. The van der Waals surface area contributed by atoms with E-state index in [0.717, 1.165) is 18.8 Å². The summed E-state index contributed by atoms with van der Waals surface area (Å²) >= 11 is 0. The van der Waals surface area contributed by atoms with Gasteiger partial charge < -0.3 is 10.1 Å². The number of benzene rings is 1. The number of carbonyl (C=O) groups is 1. The van der Waals surface area contributed by atoms with Crippen molar-refractivity contribution >= 4 is 17.0 Å². The van der Waals surface area contributed by atoms with Crippen LogP contribution in [0.25, 0.3) is 11.0 Å². The first-order valence-corrected chi connectivity index (χ1v) is 6.61. The van der Waals surface area contributed by atoms with E-state index >= 15 is 0 Å². The van der Waals surface area contributed by atoms with Gasteiger partial charge in [0.15, 0.2) is 0 Å². The number of hydrogen-bond acceptors (Lipinski definition) is 2. The molecule has 0 atom stereocenters. The number of nitrogens with one attached hydrogen (secondary N) is 1. The standard InChI is InChI=1S/C14H16N2O3/c17-13(18)10-4-1-5-11-12(10)16(14(19)15-11)8-2-3-9-6-7-9/h1,4-5,9H,2-3,6-8H2,(H,15,19)(H,17,18). The maximum absolute atomic E-state index is 11.9. The van der Waals surface area contributed by atoms with Crippen LogP contribution < -0.4 is 5.69 Å². The molecule has 100 valence electrons. The lowest BCUT2D eigenvalue weighted by molar-refractivity contribution is 0.0698. The highest BCUT2D eigenvalue weighted by atomic mass is 16.4. The van der Waals surface area contributed by atoms with E-state index in [2.05, 4.69) is 4.98 Å². The molecule has 1 aromatic carbocycles. The molecule has 0 aliphatic heterocycles. The van der Waals surface area contributed by atoms with Crippen LogP contribution in [-0.2, 0) is 6.54 Å². The molecule has 1 aliphatic carbocycles. The molecule has 5 heteroatoms. The summed E-state index contributed by atoms with van der Waals surface area (Å²) in [6.07, 6.45) is 4.63. The van der Waals surface area contributed by atoms with Gasteiger partial charge in [0.05, 0.1) is 16.6 Å². The summed E-state index contributed by atoms with van der Waals surface area (Å²) in [6, 6.07) is 4.92. The van der Waals surface area contributed by atoms with Crippen LogP contribution in [0, 0.1) is 5.92 Å². The molecular weight excluding hydrogens is 244 g/mol. The summed E-state index contributed by atoms with van der Waals surface area (Å²) in [4.78, 5) is 25.9. The van der Waals surface area contributed by atoms with Gasteiger partial charge in [-0.1, -0.05) is 18.9 Å². The Hall–Kier alpha value is -2.04. The van der Waals surface area contributed by atoms with Crippen LogP contribution >= 0.6 is 0 Å². The van der Waals surface area contributed by atoms with Crippen molar-refractivity contribution < 1.29 is 9.90 Å². The van der Waals surface area contributed by atoms with E-state index in [1.165, 1.54) is 18.9 Å². The van der Waals surface area contributed by atoms with Gasteiger partial charge in [0.25, 0.3) is 0 Å². The summed E-state index contributed by atoms with van der Waals surface area (Å²) in [6.45, 7) is 0.583. The number of aromatic carboxylic acids is 1. The molecular formula is C14H16N2O3. The molecule has 0 spiro atoms. The largest absolute Gasteiger partial charge is 0.478 e. The fraction of sp³-hybridized carbons (Fsp3) is 0.429. The average Bonchev–Trinajstić information content (AvgIpc) is 3.13. The molecule has 0 bridgehead atoms. The van der Waals surface area contributed by atoms with Crippen molar-refractivity contribution in [1.29, 1.82) is 0 Å². The lowest BCUT2D eigenvalue weighted by atomic mass is 10.1. The highest BCUT2D eigenvalue weighted by Crippen LogP contribution is 2.33. The molecule has 1 saturated carbocycles. The van der Waals surface area contributed by atoms with Gasteiger partial charge in [-0.25, -0.2) is 9.59 Å². The molecule has 19 heavy (non-hydrogen) atoms. The van der Waals surface area contributed by atoms with Crippen molar-refractivity contribution in [1.82, 2.24) is 9.55 Å². The van der Waals surface area contributed by atoms with E-state index in [-0.39, 0.29) is 11.3 Å². The first kappa shape index (κ1) is 12.0. The lowest BCUT2D eigenvalue weighted by Gasteiger charge is -2.05. The predicted octanol–water partition coefficient (Wildman–Crippen LogP) is 2.22. The third-order valence-electron chi connectivity index (χ3n) is 3.71. The van der Waals surface area contributed by atoms with Crippen LogP contribution in [0.4, 0.5) is 0 Å². The number of hydrogen-bond donors (Lipinski definition) is 2. The van der Waals surface area contributed by atoms with Crippen molar-refractivity contribution in [3.63, 3.8) is 0 Å². The number of aryl methyl sites for hydroxylation is 1. The van der Waals surface area contributed by atoms with Gasteiger partial charge in [-0.3, -0.25) is 4.57 Å². The van der Waals surface area contributed by atoms with Crippen molar-refractivity contribution in [3.8, 4) is 0 Å². The van der Waals surface area contributed by atoms with E-state index < -0.39 is 5.97 Å². The Kier molecular flexibility index (Phi) is 2.89. The second-order valence-corrected chi connectivity index (χ2v) is 5.17. The second-order valence-electron chi connectivity index (χ2n) is 5.17. The number of carboxylic acid groups (broad SMARTS) is 1. The van der Waals surface area contributed by atoms with Crippen LogP contribution in [-0.4, -0.2) is 20.6 Å². The molecule has 0 unspecified atom stereocenters. The van der Waals surface area contributed by atoms with Gasteiger partial charge in [-0.15, -0.1) is 0 Å². The Labute approximate surface area is 109 Å². The number of fused-ring (bicyclic) bond motifs is 1. The monoisotopic (exact) mass is 260 g/mol. The normalized spacial score (nSPS) is 14.9. The van der Waals surface area contributed by atoms with Crippen LogP contribution in [0.15, 0.2) is 23.0 Å². The first-order valence-electron chi connectivity index (χ1n) is 6.61. The molecule has 1 fully saturated rings. The number of nitrogens with zero attached hydrogens (tertiary/aromatic N) is 1. The number of imidazole rings is 1. The number of rotatable bonds is 5. The summed E-state index contributed by atoms with van der Waals surface area (Å²) in [7, 11) is 0. The molecule has 5 nitrogen and oxygen atoms in total. The highest BCUT2D eigenvalue weighted by Gasteiger charge is 2.21. The molecule has 0 saturated heterocycles. The third kappa shape index (κ3) is 2.28. The van der Waals surface area contributed by atoms with E-state index in [0.29, 0.717) is 17.6 Å². The fourth-order valence-electron chi connectivity index (χ4n) is 2.55. The summed E-state index contributed by atoms with van der Waals surface area (Å²) in [5.41, 5.74) is 1.06. The van der Waals surface area contributed by atoms with Gasteiger partial charge in [0.1, 0.15) is 0 Å². The number of H-pyrrole nitrogens is 1. The third-order valence-corrected chi connectivity index (χ3v) is 3.71. The van der Waals surface area contributed by atoms with Gasteiger partial charge >= 0.3 is 11.7 Å². The van der Waals surface area contributed by atoms with Crippen molar-refractivity contribution in [2.45, 2.75) is 32.2 Å². The molecule has 3 rings (SSSR count). The van der Waals surface area contributed by atoms with Crippen LogP contribution in [0.3, 0.4) is 0 Å². The molecule has 0 radical (unpaired) electrons. The maximum Gasteiger partial charge on any atom is 0.337 e. The minimum absolute atomic E-state index is 0.183. The highest BCUT2D eigenvalue weighted by molar-refractivity contribution is 6.01. The number of aromatic amines is 1. The van der Waals surface area contributed by atoms with E-state index in [9.17, 15) is 14.7 Å². The van der Waals surface area contributed by atoms with E-state index in [4.69, 9.17) is 0 Å². The smallest absolute Gasteiger partial charge is 0.337 e. The minimum atomic E-state index is -0.999. The Balaban J connectivity index is 1.98. The number of aromatic nitrogens is 2. The molecule has 2 N–H and O–H groups in total. The number of carboxylic acids is 1. The zero-order chi connectivity index (χ0) is 13.4. The Morgan fingerprint density at radius 3 is 2.89 bits per heavy atom. The zero-order valence-corrected chi connectivity index (χ0v) is 10.6. The summed E-state index contributed by atoms with van der Waals surface area (Å²) < 4.78 is 1.56.